The molecule has 2 atom stereocenters. The van der Waals surface area contributed by atoms with Gasteiger partial charge in [-0.3, -0.25) is 10.2 Å². The maximum absolute atomic E-state index is 8.41. The zero-order valence-electron chi connectivity index (χ0n) is 3.75. The average molecular weight is 192 g/mol. The van der Waals surface area contributed by atoms with Crippen LogP contribution in [0.15, 0.2) is 0 Å². The van der Waals surface area contributed by atoms with E-state index in [0.29, 0.717) is 0 Å². The first-order chi connectivity index (χ1) is 3.66. The first-order valence-corrected chi connectivity index (χ1v) is 6.61. The number of rotatable bonds is 3. The SMILES string of the molecule is NN[PH](=S)O[PH](O)=S. The van der Waals surface area contributed by atoms with Crippen molar-refractivity contribution in [1.82, 2.24) is 5.20 Å². The Bertz CT molecular complexity index is 115. The Labute approximate surface area is 58.5 Å². The normalized spacial score (nSPS) is 17.8. The lowest BCUT2D eigenvalue weighted by molar-refractivity contribution is 0.541. The third-order valence-electron chi connectivity index (χ3n) is 0.298. The molecule has 0 radical (unpaired) electrons. The summed E-state index contributed by atoms with van der Waals surface area (Å²) in [6.45, 7) is 0. The molecule has 0 rings (SSSR count). The third-order valence-corrected chi connectivity index (χ3v) is 3.83. The fourth-order valence-corrected chi connectivity index (χ4v) is 2.91. The van der Waals surface area contributed by atoms with E-state index in [1.54, 1.807) is 0 Å². The summed E-state index contributed by atoms with van der Waals surface area (Å²) in [5, 5.41) is 2.19. The van der Waals surface area contributed by atoms with E-state index in [0.717, 1.165) is 0 Å². The van der Waals surface area contributed by atoms with Crippen LogP contribution in [0.1, 0.15) is 0 Å². The molecule has 2 unspecified atom stereocenters. The van der Waals surface area contributed by atoms with Crippen LogP contribution in [-0.2, 0) is 27.9 Å². The zero-order valence-corrected chi connectivity index (χ0v) is 7.38. The van der Waals surface area contributed by atoms with Crippen molar-refractivity contribution in [3.63, 3.8) is 0 Å². The fraction of sp³-hybridized carbons (Fsp3) is 0. The monoisotopic (exact) mass is 192 g/mol. The molecule has 0 aromatic rings. The topological polar surface area (TPSA) is 67.5 Å². The van der Waals surface area contributed by atoms with Gasteiger partial charge in [-0.2, -0.15) is 0 Å². The van der Waals surface area contributed by atoms with Gasteiger partial charge in [0.15, 0.2) is 7.15 Å². The molecule has 0 fully saturated rings. The van der Waals surface area contributed by atoms with Crippen LogP contribution in [0.25, 0.3) is 0 Å². The van der Waals surface area contributed by atoms with Gasteiger partial charge in [-0.15, -0.1) is 0 Å². The van der Waals surface area contributed by atoms with Gasteiger partial charge >= 0.3 is 0 Å². The molecule has 50 valence electrons. The standard InChI is InChI=1S/H6N2O2P2S2/c1-2-5(7)4-6(3)8/h5-6H,1H2,(H,2,7)(H,3,8). The van der Waals surface area contributed by atoms with Gasteiger partial charge < -0.3 is 4.89 Å². The highest BCUT2D eigenvalue weighted by Gasteiger charge is 1.88. The van der Waals surface area contributed by atoms with Gasteiger partial charge in [-0.1, -0.05) is 11.8 Å². The fourth-order valence-electron chi connectivity index (χ4n) is 0.109. The van der Waals surface area contributed by atoms with Crippen molar-refractivity contribution in [1.29, 1.82) is 0 Å². The Kier molecular flexibility index (Phi) is 5.68. The number of hydrogen-bond acceptors (Lipinski definition) is 4. The molecule has 8 heteroatoms. The number of hydrogen-bond donors (Lipinski definition) is 3. The Hall–Kier alpha value is 1.14. The van der Waals surface area contributed by atoms with Crippen molar-refractivity contribution < 1.29 is 9.20 Å². The molecule has 0 aliphatic heterocycles. The summed E-state index contributed by atoms with van der Waals surface area (Å²) >= 11 is 8.88. The molecule has 0 heterocycles. The summed E-state index contributed by atoms with van der Waals surface area (Å²) in [7, 11) is -3.69. The summed E-state index contributed by atoms with van der Waals surface area (Å²) in [5.74, 6) is 4.85. The number of nitrogens with one attached hydrogen (secondary N) is 1. The van der Waals surface area contributed by atoms with Crippen LogP contribution < -0.4 is 11.0 Å². The minimum Gasteiger partial charge on any atom is -0.347 e. The van der Waals surface area contributed by atoms with E-state index < -0.39 is 14.2 Å². The largest absolute Gasteiger partial charge is 0.347 e. The van der Waals surface area contributed by atoms with Crippen molar-refractivity contribution in [2.24, 2.45) is 5.84 Å². The smallest absolute Gasteiger partial charge is 0.178 e. The van der Waals surface area contributed by atoms with Gasteiger partial charge in [0.1, 0.15) is 7.07 Å². The van der Waals surface area contributed by atoms with Crippen LogP contribution in [0, 0.1) is 0 Å². The summed E-state index contributed by atoms with van der Waals surface area (Å²) in [6.07, 6.45) is 0. The molecular formula is H6N2O2P2S2. The molecule has 4 nitrogen and oxygen atoms in total. The van der Waals surface area contributed by atoms with E-state index in [1.807, 2.05) is 0 Å². The van der Waals surface area contributed by atoms with Crippen molar-refractivity contribution >= 4 is 37.8 Å². The second-order valence-electron chi connectivity index (χ2n) is 0.800. The van der Waals surface area contributed by atoms with Crippen LogP contribution >= 0.6 is 14.2 Å². The van der Waals surface area contributed by atoms with Gasteiger partial charge in [0.25, 0.3) is 0 Å². The van der Waals surface area contributed by atoms with E-state index in [2.05, 4.69) is 33.1 Å². The van der Waals surface area contributed by atoms with Crippen LogP contribution in [0.3, 0.4) is 0 Å². The first-order valence-electron chi connectivity index (χ1n) is 1.58. The van der Waals surface area contributed by atoms with E-state index in [4.69, 9.17) is 10.7 Å². The summed E-state index contributed by atoms with van der Waals surface area (Å²) < 4.78 is 4.55. The minimum absolute atomic E-state index is 1.63. The lowest BCUT2D eigenvalue weighted by atomic mass is 13.0. The molecule has 0 amide bonds. The average Bonchev–Trinajstić information content (AvgIpc) is 1.65. The van der Waals surface area contributed by atoms with E-state index in [-0.39, 0.29) is 0 Å². The van der Waals surface area contributed by atoms with Crippen LogP contribution in [-0.4, -0.2) is 4.89 Å². The zero-order chi connectivity index (χ0) is 6.57. The number of hydrazine groups is 1. The minimum atomic E-state index is -2.06. The summed E-state index contributed by atoms with van der Waals surface area (Å²) in [5.41, 5.74) is 0. The third kappa shape index (κ3) is 5.28. The molecule has 0 aromatic carbocycles. The quantitative estimate of drug-likeness (QED) is 0.317. The van der Waals surface area contributed by atoms with Crippen LogP contribution in [0.4, 0.5) is 0 Å². The Morgan fingerprint density at radius 3 is 2.25 bits per heavy atom. The highest BCUT2D eigenvalue weighted by molar-refractivity contribution is 8.07. The summed E-state index contributed by atoms with van der Waals surface area (Å²) in [6, 6.07) is 0. The second-order valence-corrected chi connectivity index (χ2v) is 5.17. The highest BCUT2D eigenvalue weighted by Crippen LogP contribution is 2.30. The van der Waals surface area contributed by atoms with Crippen LogP contribution in [0.5, 0.6) is 0 Å². The summed E-state index contributed by atoms with van der Waals surface area (Å²) in [4.78, 5) is 8.41. The molecule has 0 aromatic heterocycles. The van der Waals surface area contributed by atoms with E-state index in [9.17, 15) is 0 Å². The lowest BCUT2D eigenvalue weighted by Crippen LogP contribution is -2.11. The van der Waals surface area contributed by atoms with Gasteiger partial charge in [-0.25, -0.2) is 5.20 Å². The van der Waals surface area contributed by atoms with Gasteiger partial charge in [0.2, 0.25) is 0 Å². The molecule has 0 aliphatic rings. The van der Waals surface area contributed by atoms with Crippen molar-refractivity contribution in [3.05, 3.63) is 0 Å². The second kappa shape index (κ2) is 4.97. The molecule has 0 bridgehead atoms. The molecule has 8 heavy (non-hydrogen) atoms. The highest BCUT2D eigenvalue weighted by atomic mass is 32.5. The van der Waals surface area contributed by atoms with Gasteiger partial charge in [-0.05, 0) is 11.8 Å². The van der Waals surface area contributed by atoms with Crippen LogP contribution in [0.2, 0.25) is 0 Å². The Morgan fingerprint density at radius 2 is 2.12 bits per heavy atom. The van der Waals surface area contributed by atoms with Crippen molar-refractivity contribution in [2.75, 3.05) is 0 Å². The maximum atomic E-state index is 8.41. The van der Waals surface area contributed by atoms with Crippen molar-refractivity contribution in [2.45, 2.75) is 0 Å². The Morgan fingerprint density at radius 1 is 1.62 bits per heavy atom. The molecule has 0 spiro atoms. The molecule has 0 saturated carbocycles. The van der Waals surface area contributed by atoms with E-state index >= 15 is 0 Å². The van der Waals surface area contributed by atoms with Gasteiger partial charge in [0.05, 0.1) is 0 Å². The predicted molar refractivity (Wildman–Crippen MR) is 42.0 cm³/mol. The van der Waals surface area contributed by atoms with Crippen molar-refractivity contribution in [3.8, 4) is 0 Å². The Balaban J connectivity index is 3.40. The predicted octanol–water partition coefficient (Wildman–Crippen LogP) is -0.529. The molecule has 0 aliphatic carbocycles. The molecular weight excluding hydrogens is 186 g/mol. The maximum Gasteiger partial charge on any atom is 0.178 e. The van der Waals surface area contributed by atoms with E-state index in [1.165, 1.54) is 0 Å². The molecule has 4 N–H and O–H groups in total. The molecule has 0 saturated heterocycles. The lowest BCUT2D eigenvalue weighted by Gasteiger charge is -2.00. The number of nitrogens with two attached hydrogens (primary N) is 1. The first kappa shape index (κ1) is 9.14. The van der Waals surface area contributed by atoms with Gasteiger partial charge in [0, 0.05) is 0 Å².